The number of aryl methyl sites for hydroxylation is 1. The standard InChI is InChI=1S/C23H16O/c1-14-6-8-20-21(12-14)19-11-10-17-16-5-3-2-4-15(16)7-9-18(17)22(19)13-23(20)24/h2-13,24H,1H3. The SMILES string of the molecule is Cc1ccc2c(O)cc3c(ccc4c5ccccc5ccc43)c2c1. The molecule has 5 rings (SSSR count). The van der Waals surface area contributed by atoms with Crippen molar-refractivity contribution in [3.05, 3.63) is 78.4 Å². The summed E-state index contributed by atoms with van der Waals surface area (Å²) in [5, 5.41) is 19.8. The fourth-order valence-corrected chi connectivity index (χ4v) is 3.82. The Morgan fingerprint density at radius 2 is 1.17 bits per heavy atom. The molecule has 0 bridgehead atoms. The van der Waals surface area contributed by atoms with E-state index in [0.29, 0.717) is 5.75 Å². The molecule has 0 heterocycles. The number of hydrogen-bond donors (Lipinski definition) is 1. The first-order valence-electron chi connectivity index (χ1n) is 8.19. The molecule has 0 unspecified atom stereocenters. The van der Waals surface area contributed by atoms with E-state index in [1.807, 2.05) is 18.2 Å². The number of phenolic OH excluding ortho intramolecular Hbond substituents is 1. The largest absolute Gasteiger partial charge is 0.507 e. The fourth-order valence-electron chi connectivity index (χ4n) is 3.82. The normalized spacial score (nSPS) is 11.7. The maximum absolute atomic E-state index is 10.5. The molecule has 5 aromatic rings. The number of phenols is 1. The van der Waals surface area contributed by atoms with Gasteiger partial charge in [-0.3, -0.25) is 0 Å². The average molecular weight is 308 g/mol. The average Bonchev–Trinajstić information content (AvgIpc) is 2.61. The molecule has 0 saturated heterocycles. The summed E-state index contributed by atoms with van der Waals surface area (Å²) in [4.78, 5) is 0. The minimum absolute atomic E-state index is 0.346. The van der Waals surface area contributed by atoms with Gasteiger partial charge in [-0.1, -0.05) is 72.3 Å². The molecule has 0 aliphatic rings. The van der Waals surface area contributed by atoms with Crippen LogP contribution in [0.1, 0.15) is 5.56 Å². The van der Waals surface area contributed by atoms with Gasteiger partial charge in [0.05, 0.1) is 0 Å². The van der Waals surface area contributed by atoms with Crippen LogP contribution < -0.4 is 0 Å². The molecule has 0 aromatic heterocycles. The van der Waals surface area contributed by atoms with E-state index in [-0.39, 0.29) is 0 Å². The Morgan fingerprint density at radius 3 is 2.04 bits per heavy atom. The van der Waals surface area contributed by atoms with Crippen LogP contribution in [-0.2, 0) is 0 Å². The maximum Gasteiger partial charge on any atom is 0.124 e. The number of rotatable bonds is 0. The summed E-state index contributed by atoms with van der Waals surface area (Å²) in [5.74, 6) is 0.346. The summed E-state index contributed by atoms with van der Waals surface area (Å²) in [6, 6.07) is 25.3. The van der Waals surface area contributed by atoms with Crippen LogP contribution in [0.25, 0.3) is 43.1 Å². The zero-order valence-electron chi connectivity index (χ0n) is 13.4. The Labute approximate surface area is 139 Å². The van der Waals surface area contributed by atoms with Gasteiger partial charge in [0.15, 0.2) is 0 Å². The monoisotopic (exact) mass is 308 g/mol. The van der Waals surface area contributed by atoms with Crippen molar-refractivity contribution >= 4 is 43.1 Å². The first kappa shape index (κ1) is 13.4. The van der Waals surface area contributed by atoms with E-state index in [4.69, 9.17) is 0 Å². The van der Waals surface area contributed by atoms with Crippen molar-refractivity contribution < 1.29 is 5.11 Å². The zero-order chi connectivity index (χ0) is 16.3. The smallest absolute Gasteiger partial charge is 0.124 e. The van der Waals surface area contributed by atoms with E-state index < -0.39 is 0 Å². The zero-order valence-corrected chi connectivity index (χ0v) is 13.4. The molecule has 1 nitrogen and oxygen atoms in total. The predicted octanol–water partition coefficient (Wildman–Crippen LogP) is 6.31. The first-order chi connectivity index (χ1) is 11.7. The van der Waals surface area contributed by atoms with Crippen LogP contribution in [0.3, 0.4) is 0 Å². The molecule has 0 fully saturated rings. The van der Waals surface area contributed by atoms with Gasteiger partial charge in [-0.2, -0.15) is 0 Å². The van der Waals surface area contributed by atoms with Crippen LogP contribution in [0.2, 0.25) is 0 Å². The van der Waals surface area contributed by atoms with Crippen LogP contribution in [0.4, 0.5) is 0 Å². The molecular formula is C23H16O. The summed E-state index contributed by atoms with van der Waals surface area (Å²) >= 11 is 0. The topological polar surface area (TPSA) is 20.2 Å². The van der Waals surface area contributed by atoms with Crippen molar-refractivity contribution in [3.8, 4) is 5.75 Å². The Hall–Kier alpha value is -3.06. The van der Waals surface area contributed by atoms with Crippen molar-refractivity contribution in [2.45, 2.75) is 6.92 Å². The molecule has 0 saturated carbocycles. The molecule has 0 aliphatic heterocycles. The van der Waals surface area contributed by atoms with Gasteiger partial charge in [0.1, 0.15) is 5.75 Å². The van der Waals surface area contributed by atoms with Gasteiger partial charge in [-0.25, -0.2) is 0 Å². The maximum atomic E-state index is 10.5. The second-order valence-electron chi connectivity index (χ2n) is 6.49. The molecule has 0 aliphatic carbocycles. The lowest BCUT2D eigenvalue weighted by Gasteiger charge is -2.11. The Morgan fingerprint density at radius 1 is 0.542 bits per heavy atom. The van der Waals surface area contributed by atoms with E-state index in [1.54, 1.807) is 0 Å². The molecule has 0 radical (unpaired) electrons. The van der Waals surface area contributed by atoms with E-state index in [9.17, 15) is 5.11 Å². The summed E-state index contributed by atoms with van der Waals surface area (Å²) in [7, 11) is 0. The van der Waals surface area contributed by atoms with E-state index in [2.05, 4.69) is 61.5 Å². The third kappa shape index (κ3) is 1.75. The quantitative estimate of drug-likeness (QED) is 0.332. The highest BCUT2D eigenvalue weighted by molar-refractivity contribution is 6.23. The van der Waals surface area contributed by atoms with Crippen molar-refractivity contribution in [1.82, 2.24) is 0 Å². The molecule has 0 amide bonds. The number of benzene rings is 5. The Balaban J connectivity index is 2.05. The molecule has 1 heteroatoms. The van der Waals surface area contributed by atoms with Gasteiger partial charge < -0.3 is 5.11 Å². The van der Waals surface area contributed by atoms with Gasteiger partial charge in [0, 0.05) is 5.39 Å². The van der Waals surface area contributed by atoms with Gasteiger partial charge in [-0.15, -0.1) is 0 Å². The highest BCUT2D eigenvalue weighted by Gasteiger charge is 2.10. The first-order valence-corrected chi connectivity index (χ1v) is 8.19. The molecule has 24 heavy (non-hydrogen) atoms. The van der Waals surface area contributed by atoms with Crippen LogP contribution in [0, 0.1) is 6.92 Å². The van der Waals surface area contributed by atoms with Crippen LogP contribution in [0.15, 0.2) is 72.8 Å². The summed E-state index contributed by atoms with van der Waals surface area (Å²) in [5.41, 5.74) is 1.20. The molecular weight excluding hydrogens is 292 g/mol. The third-order valence-corrected chi connectivity index (χ3v) is 4.99. The lowest BCUT2D eigenvalue weighted by molar-refractivity contribution is 0.482. The molecule has 0 spiro atoms. The molecule has 114 valence electrons. The number of aromatic hydroxyl groups is 1. The minimum Gasteiger partial charge on any atom is -0.507 e. The number of hydrogen-bond acceptors (Lipinski definition) is 1. The lowest BCUT2D eigenvalue weighted by Crippen LogP contribution is -1.84. The molecule has 1 N–H and O–H groups in total. The van der Waals surface area contributed by atoms with Gasteiger partial charge in [0.2, 0.25) is 0 Å². The fraction of sp³-hybridized carbons (Fsp3) is 0.0435. The molecule has 0 atom stereocenters. The van der Waals surface area contributed by atoms with Crippen molar-refractivity contribution in [1.29, 1.82) is 0 Å². The van der Waals surface area contributed by atoms with Crippen molar-refractivity contribution in [2.75, 3.05) is 0 Å². The van der Waals surface area contributed by atoms with Gasteiger partial charge >= 0.3 is 0 Å². The van der Waals surface area contributed by atoms with Crippen molar-refractivity contribution in [2.24, 2.45) is 0 Å². The van der Waals surface area contributed by atoms with E-state index in [1.165, 1.54) is 32.5 Å². The van der Waals surface area contributed by atoms with Crippen molar-refractivity contribution in [3.63, 3.8) is 0 Å². The Bertz CT molecular complexity index is 1270. The Kier molecular flexibility index (Phi) is 2.63. The number of fused-ring (bicyclic) bond motifs is 7. The highest BCUT2D eigenvalue weighted by Crippen LogP contribution is 2.38. The molecule has 5 aromatic carbocycles. The second-order valence-corrected chi connectivity index (χ2v) is 6.49. The van der Waals surface area contributed by atoms with E-state index >= 15 is 0 Å². The second kappa shape index (κ2) is 4.72. The van der Waals surface area contributed by atoms with Crippen LogP contribution >= 0.6 is 0 Å². The summed E-state index contributed by atoms with van der Waals surface area (Å²) in [6.45, 7) is 2.09. The lowest BCUT2D eigenvalue weighted by atomic mass is 9.93. The third-order valence-electron chi connectivity index (χ3n) is 4.99. The van der Waals surface area contributed by atoms with Gasteiger partial charge in [0.25, 0.3) is 0 Å². The van der Waals surface area contributed by atoms with Crippen LogP contribution in [-0.4, -0.2) is 5.11 Å². The minimum atomic E-state index is 0.346. The van der Waals surface area contributed by atoms with E-state index in [0.717, 1.165) is 16.2 Å². The summed E-state index contributed by atoms with van der Waals surface area (Å²) < 4.78 is 0. The van der Waals surface area contributed by atoms with Gasteiger partial charge in [-0.05, 0) is 50.7 Å². The van der Waals surface area contributed by atoms with Crippen LogP contribution in [0.5, 0.6) is 5.75 Å². The predicted molar refractivity (Wildman–Crippen MR) is 103 cm³/mol. The summed E-state index contributed by atoms with van der Waals surface area (Å²) in [6.07, 6.45) is 0. The highest BCUT2D eigenvalue weighted by atomic mass is 16.3.